The third-order valence-electron chi connectivity index (χ3n) is 2.42. The molecule has 0 saturated heterocycles. The lowest BCUT2D eigenvalue weighted by molar-refractivity contribution is -0.137. The van der Waals surface area contributed by atoms with Crippen molar-refractivity contribution in [3.05, 3.63) is 12.4 Å². The highest BCUT2D eigenvalue weighted by Crippen LogP contribution is 2.14. The van der Waals surface area contributed by atoms with Crippen LogP contribution in [-0.2, 0) is 4.79 Å². The van der Waals surface area contributed by atoms with Gasteiger partial charge in [-0.2, -0.15) is 0 Å². The van der Waals surface area contributed by atoms with Crippen LogP contribution < -0.4 is 10.2 Å². The van der Waals surface area contributed by atoms with E-state index in [9.17, 15) is 4.79 Å². The van der Waals surface area contributed by atoms with E-state index in [4.69, 9.17) is 5.11 Å². The Hall–Kier alpha value is -1.85. The first-order valence-corrected chi connectivity index (χ1v) is 5.92. The van der Waals surface area contributed by atoms with E-state index in [1.807, 2.05) is 11.9 Å². The monoisotopic (exact) mass is 252 g/mol. The lowest BCUT2D eigenvalue weighted by Gasteiger charge is -2.20. The minimum absolute atomic E-state index is 0.519. The maximum atomic E-state index is 10.8. The molecule has 6 heteroatoms. The molecule has 0 bridgehead atoms. The molecule has 100 valence electrons. The standard InChI is InChI=1S/C12H20N4O2/c1-8(2)6-16(4)11-5-10(13-7-14-11)15-9(3)12(17)18/h5,7-9H,6H2,1-4H3,(H,17,18)(H,13,14,15). The molecule has 18 heavy (non-hydrogen) atoms. The van der Waals surface area contributed by atoms with Crippen molar-refractivity contribution in [3.63, 3.8) is 0 Å². The molecule has 0 aliphatic heterocycles. The summed E-state index contributed by atoms with van der Waals surface area (Å²) in [5.41, 5.74) is 0. The van der Waals surface area contributed by atoms with Gasteiger partial charge in [0, 0.05) is 19.7 Å². The quantitative estimate of drug-likeness (QED) is 0.798. The van der Waals surface area contributed by atoms with E-state index in [1.165, 1.54) is 6.33 Å². The van der Waals surface area contributed by atoms with Gasteiger partial charge in [-0.25, -0.2) is 9.97 Å². The normalized spacial score (nSPS) is 12.3. The number of aromatic nitrogens is 2. The van der Waals surface area contributed by atoms with Crippen LogP contribution in [0, 0.1) is 5.92 Å². The van der Waals surface area contributed by atoms with Gasteiger partial charge in [-0.15, -0.1) is 0 Å². The molecule has 1 aromatic rings. The highest BCUT2D eigenvalue weighted by Gasteiger charge is 2.12. The van der Waals surface area contributed by atoms with Crippen LogP contribution in [0.1, 0.15) is 20.8 Å². The smallest absolute Gasteiger partial charge is 0.325 e. The summed E-state index contributed by atoms with van der Waals surface area (Å²) in [6, 6.07) is 1.07. The molecule has 0 spiro atoms. The molecule has 2 N–H and O–H groups in total. The van der Waals surface area contributed by atoms with Gasteiger partial charge in [0.15, 0.2) is 0 Å². The van der Waals surface area contributed by atoms with Crippen molar-refractivity contribution in [2.75, 3.05) is 23.8 Å². The second kappa shape index (κ2) is 6.18. The Morgan fingerprint density at radius 2 is 2.11 bits per heavy atom. The first kappa shape index (κ1) is 14.2. The van der Waals surface area contributed by atoms with E-state index >= 15 is 0 Å². The van der Waals surface area contributed by atoms with Crippen molar-refractivity contribution >= 4 is 17.6 Å². The summed E-state index contributed by atoms with van der Waals surface area (Å²) in [6.07, 6.45) is 1.43. The largest absolute Gasteiger partial charge is 0.480 e. The topological polar surface area (TPSA) is 78.4 Å². The first-order valence-electron chi connectivity index (χ1n) is 5.92. The van der Waals surface area contributed by atoms with E-state index in [0.717, 1.165) is 12.4 Å². The molecule has 0 fully saturated rings. The number of hydrogen-bond donors (Lipinski definition) is 2. The maximum absolute atomic E-state index is 10.8. The highest BCUT2D eigenvalue weighted by molar-refractivity contribution is 5.76. The Morgan fingerprint density at radius 1 is 1.44 bits per heavy atom. The van der Waals surface area contributed by atoms with Gasteiger partial charge >= 0.3 is 5.97 Å². The van der Waals surface area contributed by atoms with Crippen molar-refractivity contribution in [3.8, 4) is 0 Å². The van der Waals surface area contributed by atoms with E-state index in [1.54, 1.807) is 13.0 Å². The van der Waals surface area contributed by atoms with Gasteiger partial charge in [-0.05, 0) is 12.8 Å². The molecule has 1 unspecified atom stereocenters. The zero-order chi connectivity index (χ0) is 13.7. The minimum atomic E-state index is -0.911. The molecular weight excluding hydrogens is 232 g/mol. The number of rotatable bonds is 6. The fraction of sp³-hybridized carbons (Fsp3) is 0.583. The summed E-state index contributed by atoms with van der Waals surface area (Å²) in [4.78, 5) is 21.0. The van der Waals surface area contributed by atoms with E-state index in [0.29, 0.717) is 11.7 Å². The number of carbonyl (C=O) groups is 1. The Kier molecular flexibility index (Phi) is 4.88. The number of anilines is 2. The summed E-state index contributed by atoms with van der Waals surface area (Å²) >= 11 is 0. The average Bonchev–Trinajstić information content (AvgIpc) is 2.28. The molecule has 0 saturated carbocycles. The zero-order valence-electron chi connectivity index (χ0n) is 11.2. The fourth-order valence-corrected chi connectivity index (χ4v) is 1.56. The fourth-order valence-electron chi connectivity index (χ4n) is 1.56. The number of nitrogens with one attached hydrogen (secondary N) is 1. The average molecular weight is 252 g/mol. The van der Waals surface area contributed by atoms with Crippen LogP contribution in [-0.4, -0.2) is 40.7 Å². The second-order valence-corrected chi connectivity index (χ2v) is 4.74. The van der Waals surface area contributed by atoms with Crippen molar-refractivity contribution in [1.29, 1.82) is 0 Å². The third kappa shape index (κ3) is 4.20. The van der Waals surface area contributed by atoms with Crippen molar-refractivity contribution in [1.82, 2.24) is 9.97 Å². The molecule has 1 rings (SSSR count). The molecule has 1 heterocycles. The van der Waals surface area contributed by atoms with Gasteiger partial charge in [0.1, 0.15) is 24.0 Å². The first-order chi connectivity index (χ1) is 8.40. The molecule has 1 aromatic heterocycles. The van der Waals surface area contributed by atoms with Gasteiger partial charge in [-0.1, -0.05) is 13.8 Å². The van der Waals surface area contributed by atoms with E-state index < -0.39 is 12.0 Å². The number of carboxylic acids is 1. The van der Waals surface area contributed by atoms with Crippen LogP contribution in [0.2, 0.25) is 0 Å². The molecule has 0 amide bonds. The molecule has 0 aromatic carbocycles. The summed E-state index contributed by atoms with van der Waals surface area (Å²) in [5.74, 6) is 0.911. The zero-order valence-corrected chi connectivity index (χ0v) is 11.2. The Morgan fingerprint density at radius 3 is 2.67 bits per heavy atom. The second-order valence-electron chi connectivity index (χ2n) is 4.74. The number of hydrogen-bond acceptors (Lipinski definition) is 5. The van der Waals surface area contributed by atoms with Crippen LogP contribution in [0.15, 0.2) is 12.4 Å². The van der Waals surface area contributed by atoms with Gasteiger partial charge in [0.2, 0.25) is 0 Å². The minimum Gasteiger partial charge on any atom is -0.480 e. The van der Waals surface area contributed by atoms with Crippen LogP contribution in [0.4, 0.5) is 11.6 Å². The summed E-state index contributed by atoms with van der Waals surface area (Å²) in [7, 11) is 1.95. The van der Waals surface area contributed by atoms with E-state index in [-0.39, 0.29) is 0 Å². The Labute approximate surface area is 107 Å². The van der Waals surface area contributed by atoms with Crippen molar-refractivity contribution in [2.45, 2.75) is 26.8 Å². The number of aliphatic carboxylic acids is 1. The van der Waals surface area contributed by atoms with Gasteiger partial charge in [0.25, 0.3) is 0 Å². The van der Waals surface area contributed by atoms with Gasteiger partial charge in [0.05, 0.1) is 0 Å². The van der Waals surface area contributed by atoms with Crippen molar-refractivity contribution < 1.29 is 9.90 Å². The maximum Gasteiger partial charge on any atom is 0.325 e. The van der Waals surface area contributed by atoms with Crippen LogP contribution in [0.5, 0.6) is 0 Å². The summed E-state index contributed by atoms with van der Waals surface area (Å²) < 4.78 is 0. The van der Waals surface area contributed by atoms with E-state index in [2.05, 4.69) is 29.1 Å². The summed E-state index contributed by atoms with van der Waals surface area (Å²) in [6.45, 7) is 6.71. The molecule has 0 aliphatic carbocycles. The third-order valence-corrected chi connectivity index (χ3v) is 2.42. The predicted molar refractivity (Wildman–Crippen MR) is 70.9 cm³/mol. The highest BCUT2D eigenvalue weighted by atomic mass is 16.4. The lowest BCUT2D eigenvalue weighted by Crippen LogP contribution is -2.27. The van der Waals surface area contributed by atoms with Gasteiger partial charge < -0.3 is 15.3 Å². The lowest BCUT2D eigenvalue weighted by atomic mass is 10.2. The molecule has 6 nitrogen and oxygen atoms in total. The molecule has 0 radical (unpaired) electrons. The van der Waals surface area contributed by atoms with Crippen molar-refractivity contribution in [2.24, 2.45) is 5.92 Å². The Bertz CT molecular complexity index is 409. The Balaban J connectivity index is 2.76. The molecule has 0 aliphatic rings. The molecular formula is C12H20N4O2. The van der Waals surface area contributed by atoms with Crippen LogP contribution in [0.3, 0.4) is 0 Å². The SMILES string of the molecule is CC(C)CN(C)c1cc(NC(C)C(=O)O)ncn1. The molecule has 1 atom stereocenters. The van der Waals surface area contributed by atoms with Crippen LogP contribution in [0.25, 0.3) is 0 Å². The predicted octanol–water partition coefficient (Wildman–Crippen LogP) is 1.45. The van der Waals surface area contributed by atoms with Crippen LogP contribution >= 0.6 is 0 Å². The summed E-state index contributed by atoms with van der Waals surface area (Å²) in [5, 5.41) is 11.6. The van der Waals surface area contributed by atoms with Gasteiger partial charge in [-0.3, -0.25) is 4.79 Å². The number of nitrogens with zero attached hydrogens (tertiary/aromatic N) is 3. The number of carboxylic acid groups (broad SMARTS) is 1.